The number of benzene rings is 4. The molecule has 0 radical (unpaired) electrons. The van der Waals surface area contributed by atoms with Crippen LogP contribution in [0.25, 0.3) is 22.0 Å². The summed E-state index contributed by atoms with van der Waals surface area (Å²) in [6.45, 7) is 0.381. The Morgan fingerprint density at radius 3 is 2.33 bits per heavy atom. The standard InChI is InChI=1S/C42H38N8O7/c1-43-39(54)30-22-46-31-16-15-26(21-29(31)37(30)48-27-7-3-2-4-8-27)24-11-13-25(14-12-24)38(53)45-20-6-19-44-35(52)23-47-32-10-5-9-28-36(32)42(57)50(41(28)56)33-17-18-34(51)49-40(33)55/h2-5,7-16,21-22,33,47H,6,17-20,23H2,1H3,(H,43,54)(H,44,52)(H,45,53)(H,46,48)(H,49,51,55). The Bertz CT molecular complexity index is 2440. The molecule has 2 aliphatic heterocycles. The van der Waals surface area contributed by atoms with E-state index in [2.05, 4.69) is 36.9 Å². The van der Waals surface area contributed by atoms with Crippen molar-refractivity contribution in [3.05, 3.63) is 119 Å². The van der Waals surface area contributed by atoms with Gasteiger partial charge in [0.05, 0.1) is 34.4 Å². The molecule has 57 heavy (non-hydrogen) atoms. The van der Waals surface area contributed by atoms with Crippen molar-refractivity contribution in [1.82, 2.24) is 31.2 Å². The molecule has 0 aliphatic carbocycles. The first kappa shape index (κ1) is 37.9. The van der Waals surface area contributed by atoms with Gasteiger partial charge in [-0.3, -0.25) is 48.8 Å². The SMILES string of the molecule is CNC(=O)c1cnc2ccc(-c3ccc(C(=O)NCCCNC(=O)CNc4cccc5c4C(=O)N(C4CCC(=O)NC4=O)C5=O)cc3)cc2c1Nc1ccccc1. The van der Waals surface area contributed by atoms with E-state index in [1.807, 2.05) is 60.7 Å². The van der Waals surface area contributed by atoms with Gasteiger partial charge >= 0.3 is 0 Å². The number of para-hydroxylation sites is 1. The van der Waals surface area contributed by atoms with E-state index in [0.29, 0.717) is 35.3 Å². The van der Waals surface area contributed by atoms with Crippen LogP contribution in [0.1, 0.15) is 60.7 Å². The Morgan fingerprint density at radius 1 is 0.825 bits per heavy atom. The third-order valence-corrected chi connectivity index (χ3v) is 9.73. The molecule has 2 aliphatic rings. The zero-order chi connectivity index (χ0) is 40.1. The molecule has 6 N–H and O–H groups in total. The Hall–Kier alpha value is -7.42. The van der Waals surface area contributed by atoms with Crippen LogP contribution in [0, 0.1) is 0 Å². The van der Waals surface area contributed by atoms with Gasteiger partial charge in [0.15, 0.2) is 0 Å². The van der Waals surface area contributed by atoms with Gasteiger partial charge in [-0.15, -0.1) is 0 Å². The van der Waals surface area contributed by atoms with Crippen LogP contribution >= 0.6 is 0 Å². The number of hydrogen-bond acceptors (Lipinski definition) is 10. The number of carbonyl (C=O) groups is 7. The fourth-order valence-corrected chi connectivity index (χ4v) is 6.81. The summed E-state index contributed by atoms with van der Waals surface area (Å²) in [6.07, 6.45) is 2.06. The molecule has 7 rings (SSSR count). The maximum Gasteiger partial charge on any atom is 0.264 e. The molecule has 3 heterocycles. The highest BCUT2D eigenvalue weighted by Gasteiger charge is 2.45. The van der Waals surface area contributed by atoms with Gasteiger partial charge in [-0.2, -0.15) is 0 Å². The maximum atomic E-state index is 13.3. The number of amides is 7. The molecule has 0 saturated carbocycles. The maximum absolute atomic E-state index is 13.3. The van der Waals surface area contributed by atoms with Gasteiger partial charge in [0.1, 0.15) is 6.04 Å². The van der Waals surface area contributed by atoms with E-state index in [1.54, 1.807) is 37.5 Å². The number of aromatic nitrogens is 1. The molecule has 1 aromatic heterocycles. The molecule has 7 amide bonds. The van der Waals surface area contributed by atoms with Gasteiger partial charge in [-0.1, -0.05) is 42.5 Å². The fourth-order valence-electron chi connectivity index (χ4n) is 6.81. The number of anilines is 3. The fraction of sp³-hybridized carbons (Fsp3) is 0.190. The Kier molecular flexibility index (Phi) is 11.0. The van der Waals surface area contributed by atoms with Crippen LogP contribution in [0.2, 0.25) is 0 Å². The molecule has 0 spiro atoms. The van der Waals surface area contributed by atoms with Crippen molar-refractivity contribution in [1.29, 1.82) is 0 Å². The first-order chi connectivity index (χ1) is 27.6. The lowest BCUT2D eigenvalue weighted by Gasteiger charge is -2.27. The first-order valence-corrected chi connectivity index (χ1v) is 18.3. The van der Waals surface area contributed by atoms with Crippen molar-refractivity contribution >= 4 is 69.3 Å². The third kappa shape index (κ3) is 8.03. The predicted octanol–water partition coefficient (Wildman–Crippen LogP) is 3.75. The lowest BCUT2D eigenvalue weighted by Crippen LogP contribution is -2.54. The van der Waals surface area contributed by atoms with Gasteiger partial charge in [0, 0.05) is 55.1 Å². The number of imide groups is 2. The normalized spacial score (nSPS) is 14.8. The van der Waals surface area contributed by atoms with E-state index in [0.717, 1.165) is 27.1 Å². The van der Waals surface area contributed by atoms with Crippen LogP contribution in [-0.2, 0) is 14.4 Å². The zero-order valence-electron chi connectivity index (χ0n) is 30.8. The number of hydrogen-bond donors (Lipinski definition) is 6. The van der Waals surface area contributed by atoms with Gasteiger partial charge in [0.25, 0.3) is 23.6 Å². The number of nitrogens with one attached hydrogen (secondary N) is 6. The highest BCUT2D eigenvalue weighted by atomic mass is 16.2. The summed E-state index contributed by atoms with van der Waals surface area (Å²) in [4.78, 5) is 94.0. The molecule has 1 unspecified atom stereocenters. The van der Waals surface area contributed by atoms with Crippen LogP contribution in [0.15, 0.2) is 97.2 Å². The highest BCUT2D eigenvalue weighted by Crippen LogP contribution is 2.34. The number of pyridine rings is 1. The smallest absolute Gasteiger partial charge is 0.264 e. The van der Waals surface area contributed by atoms with E-state index in [4.69, 9.17) is 0 Å². The topological polar surface area (TPSA) is 208 Å². The van der Waals surface area contributed by atoms with Gasteiger partial charge in [-0.25, -0.2) is 0 Å². The van der Waals surface area contributed by atoms with E-state index < -0.39 is 29.7 Å². The summed E-state index contributed by atoms with van der Waals surface area (Å²) in [5, 5.41) is 17.5. The van der Waals surface area contributed by atoms with Gasteiger partial charge < -0.3 is 26.6 Å². The average Bonchev–Trinajstić information content (AvgIpc) is 3.48. The average molecular weight is 767 g/mol. The molecule has 288 valence electrons. The minimum Gasteiger partial charge on any atom is -0.375 e. The molecule has 5 aromatic rings. The molecular formula is C42H38N8O7. The number of piperidine rings is 1. The van der Waals surface area contributed by atoms with E-state index in [1.165, 1.54) is 6.07 Å². The van der Waals surface area contributed by atoms with Crippen molar-refractivity contribution in [2.75, 3.05) is 37.3 Å². The molecule has 1 atom stereocenters. The van der Waals surface area contributed by atoms with Crippen LogP contribution < -0.4 is 31.9 Å². The van der Waals surface area contributed by atoms with Crippen molar-refractivity contribution in [3.8, 4) is 11.1 Å². The van der Waals surface area contributed by atoms with E-state index in [9.17, 15) is 33.6 Å². The quantitative estimate of drug-likeness (QED) is 0.0756. The van der Waals surface area contributed by atoms with Gasteiger partial charge in [0.2, 0.25) is 17.7 Å². The Balaban J connectivity index is 0.904. The van der Waals surface area contributed by atoms with Crippen molar-refractivity contribution in [3.63, 3.8) is 0 Å². The molecule has 0 bridgehead atoms. The molecule has 15 heteroatoms. The molecular weight excluding hydrogens is 729 g/mol. The molecule has 1 saturated heterocycles. The highest BCUT2D eigenvalue weighted by molar-refractivity contribution is 6.25. The van der Waals surface area contributed by atoms with Crippen LogP contribution in [0.4, 0.5) is 17.1 Å². The second-order valence-electron chi connectivity index (χ2n) is 13.4. The molecule has 4 aromatic carbocycles. The number of nitrogens with zero attached hydrogens (tertiary/aromatic N) is 2. The summed E-state index contributed by atoms with van der Waals surface area (Å²) in [5.41, 5.74) is 5.20. The Morgan fingerprint density at radius 2 is 1.58 bits per heavy atom. The molecule has 1 fully saturated rings. The lowest BCUT2D eigenvalue weighted by atomic mass is 9.99. The summed E-state index contributed by atoms with van der Waals surface area (Å²) in [7, 11) is 1.57. The minimum atomic E-state index is -1.09. The van der Waals surface area contributed by atoms with Gasteiger partial charge in [-0.05, 0) is 72.5 Å². The third-order valence-electron chi connectivity index (χ3n) is 9.73. The lowest BCUT2D eigenvalue weighted by molar-refractivity contribution is -0.136. The monoisotopic (exact) mass is 766 g/mol. The minimum absolute atomic E-state index is 0.0110. The number of rotatable bonds is 13. The summed E-state index contributed by atoms with van der Waals surface area (Å²) in [6, 6.07) is 26.0. The van der Waals surface area contributed by atoms with E-state index >= 15 is 0 Å². The first-order valence-electron chi connectivity index (χ1n) is 18.3. The summed E-state index contributed by atoms with van der Waals surface area (Å²) in [5.74, 6) is -3.38. The van der Waals surface area contributed by atoms with Crippen LogP contribution in [0.3, 0.4) is 0 Å². The van der Waals surface area contributed by atoms with Crippen molar-refractivity contribution in [2.24, 2.45) is 0 Å². The Labute approximate surface area is 326 Å². The largest absolute Gasteiger partial charge is 0.375 e. The number of fused-ring (bicyclic) bond motifs is 2. The van der Waals surface area contributed by atoms with Crippen LogP contribution in [0.5, 0.6) is 0 Å². The summed E-state index contributed by atoms with van der Waals surface area (Å²) < 4.78 is 0. The second kappa shape index (κ2) is 16.5. The number of carbonyl (C=O) groups excluding carboxylic acids is 7. The second-order valence-corrected chi connectivity index (χ2v) is 13.4. The van der Waals surface area contributed by atoms with Crippen molar-refractivity contribution in [2.45, 2.75) is 25.3 Å². The summed E-state index contributed by atoms with van der Waals surface area (Å²) >= 11 is 0. The zero-order valence-corrected chi connectivity index (χ0v) is 30.8. The predicted molar refractivity (Wildman–Crippen MR) is 212 cm³/mol. The van der Waals surface area contributed by atoms with E-state index in [-0.39, 0.29) is 60.5 Å². The van der Waals surface area contributed by atoms with Crippen molar-refractivity contribution < 1.29 is 33.6 Å². The molecule has 15 nitrogen and oxygen atoms in total. The van der Waals surface area contributed by atoms with Crippen LogP contribution in [-0.4, -0.2) is 84.0 Å².